The number of carbonyl (C=O) groups is 1. The van der Waals surface area contributed by atoms with Crippen molar-refractivity contribution in [3.05, 3.63) is 69.1 Å². The number of rotatable bonds is 2. The number of hydrogen-bond donors (Lipinski definition) is 2. The first kappa shape index (κ1) is 17.9. The van der Waals surface area contributed by atoms with E-state index in [0.717, 1.165) is 39.9 Å². The van der Waals surface area contributed by atoms with Gasteiger partial charge in [-0.15, -0.1) is 0 Å². The first-order valence-corrected chi connectivity index (χ1v) is 8.97. The topological polar surface area (TPSA) is 44.9 Å². The van der Waals surface area contributed by atoms with Crippen LogP contribution in [0.2, 0.25) is 5.02 Å². The molecule has 0 saturated carbocycles. The fraction of sp³-hybridized carbons (Fsp3) is 0.250. The van der Waals surface area contributed by atoms with Crippen molar-refractivity contribution in [2.24, 2.45) is 0 Å². The van der Waals surface area contributed by atoms with E-state index in [0.29, 0.717) is 24.3 Å². The number of fused-ring (bicyclic) bond motifs is 3. The van der Waals surface area contributed by atoms with Gasteiger partial charge in [-0.1, -0.05) is 11.6 Å². The third kappa shape index (κ3) is 3.08. The molecule has 1 atom stereocenters. The van der Waals surface area contributed by atoms with Crippen molar-refractivity contribution in [3.8, 4) is 0 Å². The Morgan fingerprint density at radius 1 is 1.22 bits per heavy atom. The predicted molar refractivity (Wildman–Crippen MR) is 97.6 cm³/mol. The number of amides is 1. The van der Waals surface area contributed by atoms with Crippen LogP contribution in [0.25, 0.3) is 10.9 Å². The van der Waals surface area contributed by atoms with E-state index in [1.165, 1.54) is 0 Å². The fourth-order valence-electron chi connectivity index (χ4n) is 3.74. The Labute approximate surface area is 158 Å². The van der Waals surface area contributed by atoms with Crippen molar-refractivity contribution in [1.29, 1.82) is 0 Å². The molecule has 0 bridgehead atoms. The molecule has 1 aliphatic rings. The van der Waals surface area contributed by atoms with Crippen LogP contribution in [0.5, 0.6) is 0 Å². The molecule has 3 aromatic rings. The number of benzene rings is 2. The molecule has 1 heterocycles. The second-order valence-electron chi connectivity index (χ2n) is 6.86. The van der Waals surface area contributed by atoms with Gasteiger partial charge in [0.1, 0.15) is 0 Å². The van der Waals surface area contributed by atoms with Crippen LogP contribution in [0, 0.1) is 24.4 Å². The lowest BCUT2D eigenvalue weighted by atomic mass is 9.91. The summed E-state index contributed by atoms with van der Waals surface area (Å²) in [4.78, 5) is 15.8. The summed E-state index contributed by atoms with van der Waals surface area (Å²) in [6.07, 6.45) is 1.92. The van der Waals surface area contributed by atoms with Gasteiger partial charge in [-0.25, -0.2) is 13.2 Å². The van der Waals surface area contributed by atoms with Crippen LogP contribution in [0.15, 0.2) is 24.3 Å². The molecule has 1 amide bonds. The van der Waals surface area contributed by atoms with Gasteiger partial charge in [-0.05, 0) is 61.6 Å². The molecule has 1 unspecified atom stereocenters. The van der Waals surface area contributed by atoms with Gasteiger partial charge < -0.3 is 10.3 Å². The van der Waals surface area contributed by atoms with Gasteiger partial charge in [-0.2, -0.15) is 0 Å². The van der Waals surface area contributed by atoms with Crippen LogP contribution in [0.3, 0.4) is 0 Å². The summed E-state index contributed by atoms with van der Waals surface area (Å²) in [7, 11) is 0. The molecule has 0 aliphatic heterocycles. The Kier molecular flexibility index (Phi) is 4.38. The van der Waals surface area contributed by atoms with Crippen molar-refractivity contribution in [2.45, 2.75) is 32.2 Å². The van der Waals surface area contributed by atoms with E-state index in [1.807, 2.05) is 19.1 Å². The molecular formula is C20H16ClF3N2O. The molecule has 140 valence electrons. The van der Waals surface area contributed by atoms with Crippen molar-refractivity contribution in [2.75, 3.05) is 0 Å². The number of hydrogen-bond acceptors (Lipinski definition) is 1. The third-order valence-electron chi connectivity index (χ3n) is 5.07. The number of carbonyl (C=O) groups excluding carboxylic acids is 1. The first-order chi connectivity index (χ1) is 12.8. The van der Waals surface area contributed by atoms with E-state index in [1.54, 1.807) is 0 Å². The second-order valence-corrected chi connectivity index (χ2v) is 7.30. The summed E-state index contributed by atoms with van der Waals surface area (Å²) in [5, 5.41) is 4.38. The number of aromatic nitrogens is 1. The monoisotopic (exact) mass is 392 g/mol. The summed E-state index contributed by atoms with van der Waals surface area (Å²) in [5.41, 5.74) is 3.72. The van der Waals surface area contributed by atoms with Crippen LogP contribution in [0.1, 0.15) is 33.6 Å². The minimum absolute atomic E-state index is 0.240. The highest BCUT2D eigenvalue weighted by Gasteiger charge is 2.26. The standard InChI is InChI=1S/C20H16ClF3N2O/c1-9-6-10(21)7-14-13-8-11(2-5-16(13)26-19(9)14)25-20(27)12-3-4-15(22)18(24)17(12)23/h3-4,6-7,11,26H,2,5,8H2,1H3,(H,25,27). The molecule has 27 heavy (non-hydrogen) atoms. The Balaban J connectivity index is 1.60. The van der Waals surface area contributed by atoms with Gasteiger partial charge in [0.15, 0.2) is 17.5 Å². The van der Waals surface area contributed by atoms with Crippen molar-refractivity contribution >= 4 is 28.4 Å². The van der Waals surface area contributed by atoms with E-state index in [-0.39, 0.29) is 6.04 Å². The fourth-order valence-corrected chi connectivity index (χ4v) is 4.01. The average molecular weight is 393 g/mol. The van der Waals surface area contributed by atoms with Crippen LogP contribution in [-0.2, 0) is 12.8 Å². The van der Waals surface area contributed by atoms with E-state index in [4.69, 9.17) is 11.6 Å². The molecule has 1 aromatic heterocycles. The molecule has 2 aromatic carbocycles. The Hall–Kier alpha value is -2.47. The number of aromatic amines is 1. The smallest absolute Gasteiger partial charge is 0.254 e. The first-order valence-electron chi connectivity index (χ1n) is 8.59. The predicted octanol–water partition coefficient (Wildman–Crippen LogP) is 4.83. The zero-order chi connectivity index (χ0) is 19.3. The molecule has 0 spiro atoms. The molecular weight excluding hydrogens is 377 g/mol. The molecule has 0 fully saturated rings. The Bertz CT molecular complexity index is 1080. The summed E-state index contributed by atoms with van der Waals surface area (Å²) in [6, 6.07) is 5.23. The number of nitrogens with one attached hydrogen (secondary N) is 2. The van der Waals surface area contributed by atoms with Gasteiger partial charge in [0.25, 0.3) is 5.91 Å². The molecule has 0 radical (unpaired) electrons. The second kappa shape index (κ2) is 6.60. The molecule has 3 nitrogen and oxygen atoms in total. The highest BCUT2D eigenvalue weighted by Crippen LogP contribution is 2.33. The molecule has 1 aliphatic carbocycles. The normalized spacial score (nSPS) is 16.4. The molecule has 4 rings (SSSR count). The average Bonchev–Trinajstić information content (AvgIpc) is 2.98. The van der Waals surface area contributed by atoms with Crippen molar-refractivity contribution in [3.63, 3.8) is 0 Å². The highest BCUT2D eigenvalue weighted by atomic mass is 35.5. The van der Waals surface area contributed by atoms with Gasteiger partial charge in [0.2, 0.25) is 0 Å². The van der Waals surface area contributed by atoms with E-state index < -0.39 is 28.9 Å². The molecule has 0 saturated heterocycles. The lowest BCUT2D eigenvalue weighted by Gasteiger charge is -2.24. The lowest BCUT2D eigenvalue weighted by molar-refractivity contribution is 0.0928. The van der Waals surface area contributed by atoms with Gasteiger partial charge in [0.05, 0.1) is 5.56 Å². The number of halogens is 4. The minimum Gasteiger partial charge on any atom is -0.358 e. The zero-order valence-corrected chi connectivity index (χ0v) is 15.2. The maximum atomic E-state index is 13.9. The van der Waals surface area contributed by atoms with Gasteiger partial charge >= 0.3 is 0 Å². The quantitative estimate of drug-likeness (QED) is 0.602. The Morgan fingerprint density at radius 2 is 2.00 bits per heavy atom. The van der Waals surface area contributed by atoms with Gasteiger partial charge in [0, 0.05) is 27.7 Å². The summed E-state index contributed by atoms with van der Waals surface area (Å²) in [5.74, 6) is -5.19. The largest absolute Gasteiger partial charge is 0.358 e. The summed E-state index contributed by atoms with van der Waals surface area (Å²) < 4.78 is 40.3. The highest BCUT2D eigenvalue weighted by molar-refractivity contribution is 6.31. The van der Waals surface area contributed by atoms with Gasteiger partial charge in [-0.3, -0.25) is 4.79 Å². The number of aryl methyl sites for hydroxylation is 2. The maximum Gasteiger partial charge on any atom is 0.254 e. The maximum absolute atomic E-state index is 13.9. The molecule has 7 heteroatoms. The van der Waals surface area contributed by atoms with Crippen molar-refractivity contribution in [1.82, 2.24) is 10.3 Å². The van der Waals surface area contributed by atoms with E-state index in [9.17, 15) is 18.0 Å². The van der Waals surface area contributed by atoms with Crippen LogP contribution < -0.4 is 5.32 Å². The van der Waals surface area contributed by atoms with Crippen LogP contribution in [-0.4, -0.2) is 16.9 Å². The zero-order valence-electron chi connectivity index (χ0n) is 14.4. The minimum atomic E-state index is -1.64. The SMILES string of the molecule is Cc1cc(Cl)cc2c3c([nH]c12)CCC(NC(=O)c1ccc(F)c(F)c1F)C3. The number of H-pyrrole nitrogens is 1. The molecule has 2 N–H and O–H groups in total. The van der Waals surface area contributed by atoms with E-state index >= 15 is 0 Å². The lowest BCUT2D eigenvalue weighted by Crippen LogP contribution is -2.39. The summed E-state index contributed by atoms with van der Waals surface area (Å²) in [6.45, 7) is 1.97. The third-order valence-corrected chi connectivity index (χ3v) is 5.29. The van der Waals surface area contributed by atoms with Crippen molar-refractivity contribution < 1.29 is 18.0 Å². The van der Waals surface area contributed by atoms with Crippen LogP contribution in [0.4, 0.5) is 13.2 Å². The van der Waals surface area contributed by atoms with E-state index in [2.05, 4.69) is 10.3 Å². The van der Waals surface area contributed by atoms with Crippen LogP contribution >= 0.6 is 11.6 Å². The summed E-state index contributed by atoms with van der Waals surface area (Å²) >= 11 is 6.18. The Morgan fingerprint density at radius 3 is 2.78 bits per heavy atom.